The van der Waals surface area contributed by atoms with Gasteiger partial charge in [-0.1, -0.05) is 6.07 Å². The van der Waals surface area contributed by atoms with Crippen molar-refractivity contribution in [3.8, 4) is 5.75 Å². The molecule has 0 heterocycles. The van der Waals surface area contributed by atoms with E-state index in [1.165, 1.54) is 7.11 Å². The molecule has 1 unspecified atom stereocenters. The van der Waals surface area contributed by atoms with E-state index in [9.17, 15) is 4.79 Å². The summed E-state index contributed by atoms with van der Waals surface area (Å²) < 4.78 is 9.90. The number of hydrogen-bond acceptors (Lipinski definition) is 5. The fourth-order valence-electron chi connectivity index (χ4n) is 1.65. The van der Waals surface area contributed by atoms with Crippen molar-refractivity contribution in [1.82, 2.24) is 5.32 Å². The van der Waals surface area contributed by atoms with Gasteiger partial charge in [0.25, 0.3) is 0 Å². The highest BCUT2D eigenvalue weighted by Crippen LogP contribution is 2.19. The summed E-state index contributed by atoms with van der Waals surface area (Å²) in [6.07, 6.45) is 0. The molecule has 0 spiro atoms. The van der Waals surface area contributed by atoms with Gasteiger partial charge in [0.05, 0.1) is 14.2 Å². The maximum absolute atomic E-state index is 11.5. The van der Waals surface area contributed by atoms with Crippen LogP contribution < -0.4 is 15.0 Å². The number of nitrogens with one attached hydrogen (secondary N) is 1. The predicted octanol–water partition coefficient (Wildman–Crippen LogP) is 0.892. The zero-order chi connectivity index (χ0) is 13.5. The zero-order valence-electron chi connectivity index (χ0n) is 11.3. The average Bonchev–Trinajstić information content (AvgIpc) is 2.43. The Bertz CT molecular complexity index is 396. The SMILES string of the molecule is CNC(CN(C)c1cccc(OC)c1)C(=O)OC. The maximum Gasteiger partial charge on any atom is 0.324 e. The molecule has 1 atom stereocenters. The molecule has 5 heteroatoms. The first-order valence-corrected chi connectivity index (χ1v) is 5.72. The van der Waals surface area contributed by atoms with Crippen LogP contribution in [0.1, 0.15) is 0 Å². The standard InChI is InChI=1S/C13H20N2O3/c1-14-12(13(16)18-4)9-15(2)10-6-5-7-11(8-10)17-3/h5-8,12,14H,9H2,1-4H3. The molecular weight excluding hydrogens is 232 g/mol. The monoisotopic (exact) mass is 252 g/mol. The van der Waals surface area contributed by atoms with Gasteiger partial charge in [-0.2, -0.15) is 0 Å². The van der Waals surface area contributed by atoms with Gasteiger partial charge in [-0.3, -0.25) is 4.79 Å². The summed E-state index contributed by atoms with van der Waals surface area (Å²) in [4.78, 5) is 13.5. The third-order valence-electron chi connectivity index (χ3n) is 2.78. The Morgan fingerprint density at radius 3 is 2.72 bits per heavy atom. The van der Waals surface area contributed by atoms with Crippen molar-refractivity contribution < 1.29 is 14.3 Å². The number of nitrogens with zero attached hydrogens (tertiary/aromatic N) is 1. The summed E-state index contributed by atoms with van der Waals surface area (Å²) in [5, 5.41) is 2.93. The van der Waals surface area contributed by atoms with Crippen LogP contribution in [-0.4, -0.2) is 46.9 Å². The van der Waals surface area contributed by atoms with Crippen LogP contribution in [0.2, 0.25) is 0 Å². The Morgan fingerprint density at radius 1 is 1.44 bits per heavy atom. The molecule has 18 heavy (non-hydrogen) atoms. The summed E-state index contributed by atoms with van der Waals surface area (Å²) in [6.45, 7) is 0.524. The van der Waals surface area contributed by atoms with Gasteiger partial charge in [0.1, 0.15) is 11.8 Å². The Balaban J connectivity index is 2.73. The van der Waals surface area contributed by atoms with E-state index >= 15 is 0 Å². The molecule has 1 aromatic rings. The lowest BCUT2D eigenvalue weighted by Crippen LogP contribution is -2.44. The van der Waals surface area contributed by atoms with E-state index in [1.807, 2.05) is 36.2 Å². The Hall–Kier alpha value is -1.75. The van der Waals surface area contributed by atoms with E-state index < -0.39 is 0 Å². The van der Waals surface area contributed by atoms with Gasteiger partial charge >= 0.3 is 5.97 Å². The number of carbonyl (C=O) groups is 1. The molecule has 1 aromatic carbocycles. The molecule has 0 saturated carbocycles. The van der Waals surface area contributed by atoms with Gasteiger partial charge in [0, 0.05) is 25.3 Å². The van der Waals surface area contributed by atoms with Gasteiger partial charge < -0.3 is 19.7 Å². The second-order valence-corrected chi connectivity index (χ2v) is 3.95. The molecule has 1 rings (SSSR count). The summed E-state index contributed by atoms with van der Waals surface area (Å²) in [5.74, 6) is 0.519. The highest BCUT2D eigenvalue weighted by Gasteiger charge is 2.19. The molecular formula is C13H20N2O3. The van der Waals surface area contributed by atoms with Crippen LogP contribution in [-0.2, 0) is 9.53 Å². The van der Waals surface area contributed by atoms with Crippen LogP contribution in [0.25, 0.3) is 0 Å². The summed E-state index contributed by atoms with van der Waals surface area (Å²) >= 11 is 0. The van der Waals surface area contributed by atoms with E-state index in [0.717, 1.165) is 11.4 Å². The minimum Gasteiger partial charge on any atom is -0.497 e. The van der Waals surface area contributed by atoms with Crippen molar-refractivity contribution in [2.75, 3.05) is 39.8 Å². The van der Waals surface area contributed by atoms with E-state index in [0.29, 0.717) is 6.54 Å². The lowest BCUT2D eigenvalue weighted by Gasteiger charge is -2.24. The highest BCUT2D eigenvalue weighted by atomic mass is 16.5. The van der Waals surface area contributed by atoms with E-state index in [1.54, 1.807) is 14.2 Å². The topological polar surface area (TPSA) is 50.8 Å². The van der Waals surface area contributed by atoms with E-state index in [2.05, 4.69) is 5.32 Å². The minimum atomic E-state index is -0.355. The van der Waals surface area contributed by atoms with Crippen LogP contribution in [0.5, 0.6) is 5.75 Å². The van der Waals surface area contributed by atoms with Crippen molar-refractivity contribution in [1.29, 1.82) is 0 Å². The summed E-state index contributed by atoms with van der Waals surface area (Å²) in [7, 11) is 6.67. The smallest absolute Gasteiger partial charge is 0.324 e. The molecule has 0 fully saturated rings. The lowest BCUT2D eigenvalue weighted by atomic mass is 10.2. The number of methoxy groups -OCH3 is 2. The first-order valence-electron chi connectivity index (χ1n) is 5.72. The Kier molecular flexibility index (Phi) is 5.45. The lowest BCUT2D eigenvalue weighted by molar-refractivity contribution is -0.142. The number of benzene rings is 1. The van der Waals surface area contributed by atoms with Crippen LogP contribution in [0.3, 0.4) is 0 Å². The van der Waals surface area contributed by atoms with E-state index in [4.69, 9.17) is 9.47 Å². The normalized spacial score (nSPS) is 11.8. The second-order valence-electron chi connectivity index (χ2n) is 3.95. The first kappa shape index (κ1) is 14.3. The van der Waals surface area contributed by atoms with Crippen molar-refractivity contribution in [2.45, 2.75) is 6.04 Å². The second kappa shape index (κ2) is 6.86. The van der Waals surface area contributed by atoms with Crippen molar-refractivity contribution in [3.05, 3.63) is 24.3 Å². The predicted molar refractivity (Wildman–Crippen MR) is 71.1 cm³/mol. The van der Waals surface area contributed by atoms with Crippen molar-refractivity contribution in [2.24, 2.45) is 0 Å². The third-order valence-corrected chi connectivity index (χ3v) is 2.78. The highest BCUT2D eigenvalue weighted by molar-refractivity contribution is 5.76. The molecule has 0 aromatic heterocycles. The number of ether oxygens (including phenoxy) is 2. The molecule has 0 aliphatic heterocycles. The van der Waals surface area contributed by atoms with Gasteiger partial charge in [-0.05, 0) is 19.2 Å². The van der Waals surface area contributed by atoms with Crippen LogP contribution in [0.4, 0.5) is 5.69 Å². The number of likely N-dealkylation sites (N-methyl/N-ethyl adjacent to an activating group) is 2. The number of carbonyl (C=O) groups excluding carboxylic acids is 1. The molecule has 0 aliphatic carbocycles. The van der Waals surface area contributed by atoms with Gasteiger partial charge in [0.2, 0.25) is 0 Å². The first-order chi connectivity index (χ1) is 8.62. The van der Waals surface area contributed by atoms with Crippen molar-refractivity contribution in [3.63, 3.8) is 0 Å². The molecule has 0 radical (unpaired) electrons. The quantitative estimate of drug-likeness (QED) is 0.762. The van der Waals surface area contributed by atoms with Crippen LogP contribution in [0.15, 0.2) is 24.3 Å². The number of anilines is 1. The largest absolute Gasteiger partial charge is 0.497 e. The Morgan fingerprint density at radius 2 is 2.17 bits per heavy atom. The summed E-state index contributed by atoms with van der Waals surface area (Å²) in [5.41, 5.74) is 0.985. The van der Waals surface area contributed by atoms with Gasteiger partial charge in [0.15, 0.2) is 0 Å². The molecule has 1 N–H and O–H groups in total. The fourth-order valence-corrected chi connectivity index (χ4v) is 1.65. The average molecular weight is 252 g/mol. The third kappa shape index (κ3) is 3.63. The Labute approximate surface area is 108 Å². The molecule has 0 aliphatic rings. The van der Waals surface area contributed by atoms with E-state index in [-0.39, 0.29) is 12.0 Å². The number of rotatable bonds is 6. The molecule has 0 amide bonds. The van der Waals surface area contributed by atoms with Crippen LogP contribution in [0, 0.1) is 0 Å². The zero-order valence-corrected chi connectivity index (χ0v) is 11.3. The molecule has 100 valence electrons. The number of hydrogen-bond donors (Lipinski definition) is 1. The van der Waals surface area contributed by atoms with Crippen molar-refractivity contribution >= 4 is 11.7 Å². The number of esters is 1. The maximum atomic E-state index is 11.5. The minimum absolute atomic E-state index is 0.271. The summed E-state index contributed by atoms with van der Waals surface area (Å²) in [6, 6.07) is 7.33. The van der Waals surface area contributed by atoms with Gasteiger partial charge in [-0.25, -0.2) is 0 Å². The fraction of sp³-hybridized carbons (Fsp3) is 0.462. The molecule has 0 saturated heterocycles. The molecule has 5 nitrogen and oxygen atoms in total. The van der Waals surface area contributed by atoms with Gasteiger partial charge in [-0.15, -0.1) is 0 Å². The van der Waals surface area contributed by atoms with Crippen LogP contribution >= 0.6 is 0 Å². The molecule has 0 bridgehead atoms.